The lowest BCUT2D eigenvalue weighted by molar-refractivity contribution is -0.122. The van der Waals surface area contributed by atoms with E-state index in [1.54, 1.807) is 0 Å². The second kappa shape index (κ2) is 11.6. The molecular formula is C19H33ClN4O3S. The second-order valence-corrected chi connectivity index (χ2v) is 9.60. The maximum atomic E-state index is 11.9. The molecule has 28 heavy (non-hydrogen) atoms. The normalized spacial score (nSPS) is 16.3. The lowest BCUT2D eigenvalue weighted by atomic mass is 10.2. The van der Waals surface area contributed by atoms with Crippen LogP contribution in [0.25, 0.3) is 0 Å². The molecule has 0 aliphatic carbocycles. The summed E-state index contributed by atoms with van der Waals surface area (Å²) in [6, 6.07) is 7.82. The fourth-order valence-electron chi connectivity index (χ4n) is 3.17. The minimum atomic E-state index is -3.09. The lowest BCUT2D eigenvalue weighted by Gasteiger charge is -2.36. The molecule has 1 aromatic rings. The van der Waals surface area contributed by atoms with Gasteiger partial charge in [0, 0.05) is 44.7 Å². The van der Waals surface area contributed by atoms with Crippen LogP contribution in [0.2, 0.25) is 0 Å². The molecule has 0 spiro atoms. The Morgan fingerprint density at radius 1 is 1.25 bits per heavy atom. The van der Waals surface area contributed by atoms with E-state index in [9.17, 15) is 13.2 Å². The molecular weight excluding hydrogens is 400 g/mol. The van der Waals surface area contributed by atoms with Gasteiger partial charge in [-0.1, -0.05) is 12.1 Å². The third-order valence-electron chi connectivity index (χ3n) is 4.83. The zero-order valence-corrected chi connectivity index (χ0v) is 18.4. The van der Waals surface area contributed by atoms with Gasteiger partial charge in [-0.05, 0) is 44.0 Å². The minimum Gasteiger partial charge on any atom is -0.369 e. The van der Waals surface area contributed by atoms with Crippen LogP contribution in [0.4, 0.5) is 5.69 Å². The number of amides is 1. The Morgan fingerprint density at radius 2 is 1.93 bits per heavy atom. The van der Waals surface area contributed by atoms with Crippen LogP contribution >= 0.6 is 12.4 Å². The molecule has 0 radical (unpaired) electrons. The molecule has 1 heterocycles. The molecule has 160 valence electrons. The first-order valence-corrected chi connectivity index (χ1v) is 11.6. The SMILES string of the molecule is Cc1cccc(N2CCN(CCCNC(=O)C(N)CCS(C)(=O)=O)CC2)c1.Cl. The third-order valence-corrected chi connectivity index (χ3v) is 5.80. The zero-order chi connectivity index (χ0) is 19.9. The summed E-state index contributed by atoms with van der Waals surface area (Å²) in [6.45, 7) is 7.63. The van der Waals surface area contributed by atoms with Gasteiger partial charge in [-0.25, -0.2) is 8.42 Å². The molecule has 2 rings (SSSR count). The van der Waals surface area contributed by atoms with E-state index in [1.165, 1.54) is 11.3 Å². The minimum absolute atomic E-state index is 0. The molecule has 0 saturated carbocycles. The molecule has 1 amide bonds. The van der Waals surface area contributed by atoms with Gasteiger partial charge in [0.25, 0.3) is 0 Å². The highest BCUT2D eigenvalue weighted by Gasteiger charge is 2.18. The molecule has 1 atom stereocenters. The van der Waals surface area contributed by atoms with Gasteiger partial charge in [0.2, 0.25) is 5.91 Å². The number of piperazine rings is 1. The predicted molar refractivity (Wildman–Crippen MR) is 117 cm³/mol. The van der Waals surface area contributed by atoms with Crippen molar-refractivity contribution in [2.24, 2.45) is 5.73 Å². The average molecular weight is 433 g/mol. The van der Waals surface area contributed by atoms with Crippen molar-refractivity contribution in [2.75, 3.05) is 56.2 Å². The van der Waals surface area contributed by atoms with Crippen molar-refractivity contribution in [3.8, 4) is 0 Å². The average Bonchev–Trinajstić information content (AvgIpc) is 2.63. The molecule has 0 bridgehead atoms. The van der Waals surface area contributed by atoms with Gasteiger partial charge < -0.3 is 16.0 Å². The van der Waals surface area contributed by atoms with E-state index in [0.29, 0.717) is 6.54 Å². The van der Waals surface area contributed by atoms with Gasteiger partial charge in [0.05, 0.1) is 11.8 Å². The third kappa shape index (κ3) is 8.77. The quantitative estimate of drug-likeness (QED) is 0.560. The van der Waals surface area contributed by atoms with Gasteiger partial charge >= 0.3 is 0 Å². The summed E-state index contributed by atoms with van der Waals surface area (Å²) in [5, 5.41) is 2.80. The van der Waals surface area contributed by atoms with Crippen LogP contribution in [-0.4, -0.2) is 76.5 Å². The van der Waals surface area contributed by atoms with Crippen molar-refractivity contribution in [2.45, 2.75) is 25.8 Å². The van der Waals surface area contributed by atoms with Gasteiger partial charge in [-0.15, -0.1) is 12.4 Å². The van der Waals surface area contributed by atoms with E-state index in [0.717, 1.165) is 45.4 Å². The number of nitrogens with one attached hydrogen (secondary N) is 1. The molecule has 0 aromatic heterocycles. The summed E-state index contributed by atoms with van der Waals surface area (Å²) >= 11 is 0. The van der Waals surface area contributed by atoms with Gasteiger partial charge in [0.15, 0.2) is 0 Å². The fourth-order valence-corrected chi connectivity index (χ4v) is 3.85. The Balaban J connectivity index is 0.00000392. The largest absolute Gasteiger partial charge is 0.369 e. The molecule has 3 N–H and O–H groups in total. The first-order valence-electron chi connectivity index (χ1n) is 9.49. The summed E-state index contributed by atoms with van der Waals surface area (Å²) in [6.07, 6.45) is 2.16. The number of sulfone groups is 1. The van der Waals surface area contributed by atoms with Crippen LogP contribution in [0.1, 0.15) is 18.4 Å². The van der Waals surface area contributed by atoms with Crippen LogP contribution in [0, 0.1) is 6.92 Å². The summed E-state index contributed by atoms with van der Waals surface area (Å²) in [5.74, 6) is -0.338. The van der Waals surface area contributed by atoms with Crippen molar-refractivity contribution < 1.29 is 13.2 Å². The fraction of sp³-hybridized carbons (Fsp3) is 0.632. The molecule has 1 aromatic carbocycles. The molecule has 1 saturated heterocycles. The molecule has 9 heteroatoms. The number of nitrogens with zero attached hydrogens (tertiary/aromatic N) is 2. The first kappa shape index (κ1) is 24.7. The van der Waals surface area contributed by atoms with E-state index in [1.807, 2.05) is 0 Å². The molecule has 1 aliphatic rings. The Morgan fingerprint density at radius 3 is 2.54 bits per heavy atom. The molecule has 1 fully saturated rings. The highest BCUT2D eigenvalue weighted by molar-refractivity contribution is 7.90. The number of aryl methyl sites for hydroxylation is 1. The summed E-state index contributed by atoms with van der Waals surface area (Å²) < 4.78 is 22.3. The van der Waals surface area contributed by atoms with Gasteiger partial charge in [-0.2, -0.15) is 0 Å². The Bertz CT molecular complexity index is 722. The number of rotatable bonds is 9. The number of carbonyl (C=O) groups is 1. The topological polar surface area (TPSA) is 95.7 Å². The van der Waals surface area contributed by atoms with Crippen molar-refractivity contribution in [1.29, 1.82) is 0 Å². The van der Waals surface area contributed by atoms with E-state index < -0.39 is 15.9 Å². The van der Waals surface area contributed by atoms with E-state index >= 15 is 0 Å². The zero-order valence-electron chi connectivity index (χ0n) is 16.8. The van der Waals surface area contributed by atoms with Crippen molar-refractivity contribution in [3.05, 3.63) is 29.8 Å². The van der Waals surface area contributed by atoms with Crippen molar-refractivity contribution >= 4 is 33.8 Å². The van der Waals surface area contributed by atoms with Crippen LogP contribution in [0.15, 0.2) is 24.3 Å². The number of nitrogens with two attached hydrogens (primary N) is 1. The van der Waals surface area contributed by atoms with Gasteiger partial charge in [-0.3, -0.25) is 9.69 Å². The predicted octanol–water partition coefficient (Wildman–Crippen LogP) is 0.807. The number of hydrogen-bond donors (Lipinski definition) is 2. The molecule has 1 unspecified atom stereocenters. The second-order valence-electron chi connectivity index (χ2n) is 7.34. The van der Waals surface area contributed by atoms with E-state index in [4.69, 9.17) is 5.73 Å². The summed E-state index contributed by atoms with van der Waals surface area (Å²) in [7, 11) is -3.09. The standard InChI is InChI=1S/C19H32N4O3S.ClH/c1-16-5-3-6-17(15-16)23-12-10-22(11-13-23)9-4-8-21-19(24)18(20)7-14-27(2,25)26;/h3,5-6,15,18H,4,7-14,20H2,1-2H3,(H,21,24);1H. The number of anilines is 1. The maximum absolute atomic E-state index is 11.9. The lowest BCUT2D eigenvalue weighted by Crippen LogP contribution is -2.47. The molecule has 7 nitrogen and oxygen atoms in total. The van der Waals surface area contributed by atoms with Crippen LogP contribution < -0.4 is 16.0 Å². The van der Waals surface area contributed by atoms with Gasteiger partial charge in [0.1, 0.15) is 9.84 Å². The summed E-state index contributed by atoms with van der Waals surface area (Å²) in [5.41, 5.74) is 8.30. The summed E-state index contributed by atoms with van der Waals surface area (Å²) in [4.78, 5) is 16.7. The highest BCUT2D eigenvalue weighted by atomic mass is 35.5. The number of halogens is 1. The van der Waals surface area contributed by atoms with Crippen LogP contribution in [0.3, 0.4) is 0 Å². The smallest absolute Gasteiger partial charge is 0.236 e. The number of carbonyl (C=O) groups excluding carboxylic acids is 1. The van der Waals surface area contributed by atoms with E-state index in [-0.39, 0.29) is 30.5 Å². The Labute approximate surface area is 175 Å². The Hall–Kier alpha value is -1.35. The number of hydrogen-bond acceptors (Lipinski definition) is 6. The highest BCUT2D eigenvalue weighted by Crippen LogP contribution is 2.17. The van der Waals surface area contributed by atoms with Crippen molar-refractivity contribution in [3.63, 3.8) is 0 Å². The Kier molecular flexibility index (Phi) is 10.2. The number of benzene rings is 1. The van der Waals surface area contributed by atoms with Crippen LogP contribution in [0.5, 0.6) is 0 Å². The van der Waals surface area contributed by atoms with E-state index in [2.05, 4.69) is 46.3 Å². The molecule has 1 aliphatic heterocycles. The maximum Gasteiger partial charge on any atom is 0.236 e. The monoisotopic (exact) mass is 432 g/mol. The van der Waals surface area contributed by atoms with Crippen molar-refractivity contribution in [1.82, 2.24) is 10.2 Å². The van der Waals surface area contributed by atoms with Crippen LogP contribution in [-0.2, 0) is 14.6 Å². The first-order chi connectivity index (χ1) is 12.7.